The van der Waals surface area contributed by atoms with Crippen LogP contribution < -0.4 is 0 Å². The highest BCUT2D eigenvalue weighted by Gasteiger charge is 2.50. The fourth-order valence-corrected chi connectivity index (χ4v) is 4.33. The van der Waals surface area contributed by atoms with Gasteiger partial charge in [0.15, 0.2) is 0 Å². The minimum absolute atomic E-state index is 0.0485. The molecule has 1 aliphatic heterocycles. The molecular weight excluding hydrogens is 254 g/mol. The molecule has 3 unspecified atom stereocenters. The van der Waals surface area contributed by atoms with Crippen molar-refractivity contribution in [3.05, 3.63) is 0 Å². The van der Waals surface area contributed by atoms with Gasteiger partial charge in [-0.25, -0.2) is 0 Å². The monoisotopic (exact) mass is 279 g/mol. The van der Waals surface area contributed by atoms with Gasteiger partial charge in [0.05, 0.1) is 6.42 Å². The smallest absolute Gasteiger partial charge is 0.305 e. The number of carboxylic acid groups (broad SMARTS) is 1. The highest BCUT2D eigenvalue weighted by molar-refractivity contribution is 5.83. The molecule has 1 saturated heterocycles. The molecule has 0 radical (unpaired) electrons. The average Bonchev–Trinajstić information content (AvgIpc) is 3.12. The van der Waals surface area contributed by atoms with Gasteiger partial charge in [0.1, 0.15) is 0 Å². The number of hydrogen-bond acceptors (Lipinski definition) is 2. The van der Waals surface area contributed by atoms with Crippen LogP contribution in [0.1, 0.15) is 57.8 Å². The number of amides is 1. The van der Waals surface area contributed by atoms with E-state index in [4.69, 9.17) is 5.11 Å². The van der Waals surface area contributed by atoms with Crippen LogP contribution in [0, 0.1) is 17.8 Å². The second kappa shape index (κ2) is 5.74. The molecule has 0 aromatic rings. The number of aliphatic carboxylic acids is 1. The lowest BCUT2D eigenvalue weighted by Gasteiger charge is -2.25. The van der Waals surface area contributed by atoms with Gasteiger partial charge in [-0.15, -0.1) is 0 Å². The van der Waals surface area contributed by atoms with E-state index < -0.39 is 5.97 Å². The zero-order valence-corrected chi connectivity index (χ0v) is 12.1. The molecule has 112 valence electrons. The minimum atomic E-state index is -0.783. The summed E-state index contributed by atoms with van der Waals surface area (Å²) in [6, 6.07) is -0.0485. The lowest BCUT2D eigenvalue weighted by Crippen LogP contribution is -2.38. The van der Waals surface area contributed by atoms with Gasteiger partial charge >= 0.3 is 5.97 Å². The van der Waals surface area contributed by atoms with Crippen LogP contribution in [-0.2, 0) is 9.59 Å². The molecule has 3 atom stereocenters. The van der Waals surface area contributed by atoms with E-state index in [0.29, 0.717) is 5.92 Å². The summed E-state index contributed by atoms with van der Waals surface area (Å²) in [4.78, 5) is 25.3. The van der Waals surface area contributed by atoms with Gasteiger partial charge in [-0.3, -0.25) is 9.59 Å². The molecule has 1 amide bonds. The SMILES string of the molecule is O=C(O)CC1CCCN1C(=O)C1CC1C1CCCCC1. The number of carbonyl (C=O) groups excluding carboxylic acids is 1. The fourth-order valence-electron chi connectivity index (χ4n) is 4.33. The largest absolute Gasteiger partial charge is 0.481 e. The number of nitrogens with zero attached hydrogens (tertiary/aromatic N) is 1. The Morgan fingerprint density at radius 1 is 1.05 bits per heavy atom. The summed E-state index contributed by atoms with van der Waals surface area (Å²) in [6.45, 7) is 0.769. The van der Waals surface area contributed by atoms with E-state index in [1.54, 1.807) is 0 Å². The number of carboxylic acids is 1. The Kier molecular flexibility index (Phi) is 3.99. The van der Waals surface area contributed by atoms with Gasteiger partial charge in [0.25, 0.3) is 0 Å². The van der Waals surface area contributed by atoms with Crippen LogP contribution >= 0.6 is 0 Å². The van der Waals surface area contributed by atoms with Gasteiger partial charge in [-0.05, 0) is 31.1 Å². The van der Waals surface area contributed by atoms with Crippen LogP contribution in [0.5, 0.6) is 0 Å². The molecule has 1 N–H and O–H groups in total. The number of rotatable bonds is 4. The number of carbonyl (C=O) groups is 2. The third-order valence-electron chi connectivity index (χ3n) is 5.48. The van der Waals surface area contributed by atoms with E-state index in [1.807, 2.05) is 4.90 Å². The topological polar surface area (TPSA) is 57.6 Å². The summed E-state index contributed by atoms with van der Waals surface area (Å²) in [5, 5.41) is 8.95. The molecule has 2 aliphatic carbocycles. The van der Waals surface area contributed by atoms with Crippen LogP contribution in [0.4, 0.5) is 0 Å². The molecule has 4 heteroatoms. The first-order chi connectivity index (χ1) is 9.66. The highest BCUT2D eigenvalue weighted by Crippen LogP contribution is 2.50. The summed E-state index contributed by atoms with van der Waals surface area (Å²) in [7, 11) is 0. The zero-order valence-electron chi connectivity index (χ0n) is 12.1. The molecular formula is C16H25NO3. The molecule has 0 bridgehead atoms. The lowest BCUT2D eigenvalue weighted by atomic mass is 9.85. The van der Waals surface area contributed by atoms with Gasteiger partial charge in [-0.2, -0.15) is 0 Å². The van der Waals surface area contributed by atoms with E-state index in [1.165, 1.54) is 32.1 Å². The predicted octanol–water partition coefficient (Wildman–Crippen LogP) is 2.67. The first kappa shape index (κ1) is 13.9. The van der Waals surface area contributed by atoms with E-state index >= 15 is 0 Å². The summed E-state index contributed by atoms with van der Waals surface area (Å²) >= 11 is 0. The Labute approximate surface area is 120 Å². The highest BCUT2D eigenvalue weighted by atomic mass is 16.4. The van der Waals surface area contributed by atoms with E-state index in [2.05, 4.69) is 0 Å². The van der Waals surface area contributed by atoms with Crippen molar-refractivity contribution < 1.29 is 14.7 Å². The molecule has 3 fully saturated rings. The van der Waals surface area contributed by atoms with Crippen LogP contribution in [0.15, 0.2) is 0 Å². The van der Waals surface area contributed by atoms with Crippen molar-refractivity contribution in [2.45, 2.75) is 63.8 Å². The van der Waals surface area contributed by atoms with Crippen molar-refractivity contribution >= 4 is 11.9 Å². The molecule has 2 saturated carbocycles. The minimum Gasteiger partial charge on any atom is -0.481 e. The van der Waals surface area contributed by atoms with Crippen LogP contribution in [0.2, 0.25) is 0 Å². The number of hydrogen-bond donors (Lipinski definition) is 1. The van der Waals surface area contributed by atoms with Crippen molar-refractivity contribution in [2.24, 2.45) is 17.8 Å². The fraction of sp³-hybridized carbons (Fsp3) is 0.875. The van der Waals surface area contributed by atoms with Crippen molar-refractivity contribution in [3.8, 4) is 0 Å². The van der Waals surface area contributed by atoms with Crippen molar-refractivity contribution in [2.75, 3.05) is 6.54 Å². The maximum atomic E-state index is 12.6. The predicted molar refractivity (Wildman–Crippen MR) is 75.2 cm³/mol. The van der Waals surface area contributed by atoms with E-state index in [0.717, 1.165) is 31.7 Å². The molecule has 4 nitrogen and oxygen atoms in total. The van der Waals surface area contributed by atoms with Crippen molar-refractivity contribution in [1.82, 2.24) is 4.90 Å². The van der Waals surface area contributed by atoms with E-state index in [9.17, 15) is 9.59 Å². The molecule has 0 spiro atoms. The average molecular weight is 279 g/mol. The summed E-state index contributed by atoms with van der Waals surface area (Å²) in [6.07, 6.45) is 9.60. The van der Waals surface area contributed by atoms with Crippen LogP contribution in [0.3, 0.4) is 0 Å². The molecule has 0 aromatic heterocycles. The molecule has 20 heavy (non-hydrogen) atoms. The Balaban J connectivity index is 1.55. The third kappa shape index (κ3) is 2.84. The van der Waals surface area contributed by atoms with Crippen molar-refractivity contribution in [1.29, 1.82) is 0 Å². The Morgan fingerprint density at radius 3 is 2.50 bits per heavy atom. The van der Waals surface area contributed by atoms with Gasteiger partial charge in [-0.1, -0.05) is 32.1 Å². The molecule has 3 rings (SSSR count). The second-order valence-electron chi connectivity index (χ2n) is 6.83. The molecule has 1 heterocycles. The standard InChI is InChI=1S/C16H25NO3/c18-15(19)9-12-7-4-8-17(12)16(20)14-10-13(14)11-5-2-1-3-6-11/h11-14H,1-10H2,(H,18,19). The maximum Gasteiger partial charge on any atom is 0.305 e. The van der Waals surface area contributed by atoms with E-state index in [-0.39, 0.29) is 24.3 Å². The summed E-state index contributed by atoms with van der Waals surface area (Å²) in [5.41, 5.74) is 0. The van der Waals surface area contributed by atoms with Crippen molar-refractivity contribution in [3.63, 3.8) is 0 Å². The second-order valence-corrected chi connectivity index (χ2v) is 6.83. The lowest BCUT2D eigenvalue weighted by molar-refractivity contribution is -0.140. The molecule has 3 aliphatic rings. The zero-order chi connectivity index (χ0) is 14.1. The Bertz CT molecular complexity index is 389. The first-order valence-electron chi connectivity index (χ1n) is 8.19. The Morgan fingerprint density at radius 2 is 1.80 bits per heavy atom. The summed E-state index contributed by atoms with van der Waals surface area (Å²) < 4.78 is 0. The van der Waals surface area contributed by atoms with Gasteiger partial charge in [0, 0.05) is 18.5 Å². The van der Waals surface area contributed by atoms with Crippen LogP contribution in [0.25, 0.3) is 0 Å². The summed E-state index contributed by atoms with van der Waals surface area (Å²) in [5.74, 6) is 1.05. The first-order valence-corrected chi connectivity index (χ1v) is 8.19. The maximum absolute atomic E-state index is 12.6. The van der Waals surface area contributed by atoms with Crippen LogP contribution in [-0.4, -0.2) is 34.5 Å². The van der Waals surface area contributed by atoms with Gasteiger partial charge in [0.2, 0.25) is 5.91 Å². The van der Waals surface area contributed by atoms with Gasteiger partial charge < -0.3 is 10.0 Å². The normalized spacial score (nSPS) is 34.2. The third-order valence-corrected chi connectivity index (χ3v) is 5.48. The molecule has 0 aromatic carbocycles. The Hall–Kier alpha value is -1.06. The quantitative estimate of drug-likeness (QED) is 0.860. The number of likely N-dealkylation sites (tertiary alicyclic amines) is 1.